The Bertz CT molecular complexity index is 692. The van der Waals surface area contributed by atoms with Gasteiger partial charge in [0.1, 0.15) is 0 Å². The molecule has 0 saturated carbocycles. The van der Waals surface area contributed by atoms with E-state index in [-0.39, 0.29) is 4.90 Å². The number of aromatic nitrogens is 1. The molecule has 0 aliphatic carbocycles. The Morgan fingerprint density at radius 2 is 1.84 bits per heavy atom. The van der Waals surface area contributed by atoms with Gasteiger partial charge in [-0.25, -0.2) is 8.42 Å². The number of benzene rings is 1. The Kier molecular flexibility index (Phi) is 4.17. The second kappa shape index (κ2) is 5.67. The summed E-state index contributed by atoms with van der Waals surface area (Å²) < 4.78 is 24.8. The van der Waals surface area contributed by atoms with Gasteiger partial charge >= 0.3 is 0 Å². The summed E-state index contributed by atoms with van der Waals surface area (Å²) in [4.78, 5) is 4.36. The van der Waals surface area contributed by atoms with E-state index in [0.717, 1.165) is 5.56 Å². The van der Waals surface area contributed by atoms with Gasteiger partial charge in [-0.1, -0.05) is 23.8 Å². The molecular weight excluding hydrogens is 326 g/mol. The van der Waals surface area contributed by atoms with Crippen molar-refractivity contribution >= 4 is 30.2 Å². The SMILES string of the molecule is Cc1ccc(S(=O)(=O)/C=C(/Br)c2ccccn2)cc1. The first-order valence-corrected chi connectivity index (χ1v) is 7.93. The monoisotopic (exact) mass is 337 g/mol. The van der Waals surface area contributed by atoms with E-state index in [1.54, 1.807) is 48.7 Å². The van der Waals surface area contributed by atoms with E-state index in [0.29, 0.717) is 10.2 Å². The van der Waals surface area contributed by atoms with E-state index >= 15 is 0 Å². The van der Waals surface area contributed by atoms with Gasteiger partial charge in [-0.05, 0) is 47.1 Å². The molecule has 0 aliphatic rings. The van der Waals surface area contributed by atoms with Crippen molar-refractivity contribution in [3.63, 3.8) is 0 Å². The lowest BCUT2D eigenvalue weighted by Gasteiger charge is -2.02. The third kappa shape index (κ3) is 3.52. The Morgan fingerprint density at radius 3 is 2.42 bits per heavy atom. The Morgan fingerprint density at radius 1 is 1.16 bits per heavy atom. The lowest BCUT2D eigenvalue weighted by molar-refractivity contribution is 0.605. The summed E-state index contributed by atoms with van der Waals surface area (Å²) in [6.45, 7) is 1.91. The summed E-state index contributed by atoms with van der Waals surface area (Å²) >= 11 is 3.25. The standard InChI is InChI=1S/C14H12BrNO2S/c1-11-5-7-12(8-6-11)19(17,18)10-13(15)14-4-2-3-9-16-14/h2-10H,1H3/b13-10+. The van der Waals surface area contributed by atoms with E-state index < -0.39 is 9.84 Å². The van der Waals surface area contributed by atoms with E-state index in [1.165, 1.54) is 5.41 Å². The van der Waals surface area contributed by atoms with Crippen molar-refractivity contribution in [2.24, 2.45) is 0 Å². The molecule has 1 heterocycles. The van der Waals surface area contributed by atoms with Crippen molar-refractivity contribution in [2.45, 2.75) is 11.8 Å². The maximum absolute atomic E-state index is 12.2. The lowest BCUT2D eigenvalue weighted by atomic mass is 10.2. The predicted octanol–water partition coefficient (Wildman–Crippen LogP) is 3.56. The number of rotatable bonds is 3. The van der Waals surface area contributed by atoms with Gasteiger partial charge in [-0.15, -0.1) is 0 Å². The topological polar surface area (TPSA) is 47.0 Å². The lowest BCUT2D eigenvalue weighted by Crippen LogP contribution is -1.97. The molecule has 5 heteroatoms. The van der Waals surface area contributed by atoms with Crippen LogP contribution in [-0.2, 0) is 9.84 Å². The van der Waals surface area contributed by atoms with Crippen LogP contribution in [0.25, 0.3) is 4.48 Å². The number of hydrogen-bond acceptors (Lipinski definition) is 3. The first kappa shape index (κ1) is 14.0. The largest absolute Gasteiger partial charge is 0.256 e. The van der Waals surface area contributed by atoms with Gasteiger partial charge < -0.3 is 0 Å². The van der Waals surface area contributed by atoms with Crippen LogP contribution in [0.4, 0.5) is 0 Å². The minimum absolute atomic E-state index is 0.269. The third-order valence-electron chi connectivity index (χ3n) is 2.52. The van der Waals surface area contributed by atoms with Crippen LogP contribution in [-0.4, -0.2) is 13.4 Å². The van der Waals surface area contributed by atoms with Crippen molar-refractivity contribution in [2.75, 3.05) is 0 Å². The second-order valence-electron chi connectivity index (χ2n) is 4.04. The maximum Gasteiger partial charge on any atom is 0.201 e. The molecule has 0 saturated heterocycles. The molecule has 0 N–H and O–H groups in total. The second-order valence-corrected chi connectivity index (χ2v) is 6.69. The summed E-state index contributed by atoms with van der Waals surface area (Å²) in [6, 6.07) is 12.1. The average Bonchev–Trinajstić information content (AvgIpc) is 2.40. The van der Waals surface area contributed by atoms with Crippen LogP contribution in [0.2, 0.25) is 0 Å². The van der Waals surface area contributed by atoms with Gasteiger partial charge in [0.2, 0.25) is 9.84 Å². The molecule has 0 atom stereocenters. The van der Waals surface area contributed by atoms with Crippen LogP contribution in [0.5, 0.6) is 0 Å². The molecule has 2 aromatic rings. The summed E-state index contributed by atoms with van der Waals surface area (Å²) in [7, 11) is -3.47. The highest BCUT2D eigenvalue weighted by Gasteiger charge is 2.12. The predicted molar refractivity (Wildman–Crippen MR) is 79.5 cm³/mol. The highest BCUT2D eigenvalue weighted by atomic mass is 79.9. The van der Waals surface area contributed by atoms with Gasteiger partial charge in [0.15, 0.2) is 0 Å². The summed E-state index contributed by atoms with van der Waals surface area (Å²) in [5.41, 5.74) is 1.60. The Hall–Kier alpha value is -1.46. The minimum atomic E-state index is -3.47. The molecule has 0 fully saturated rings. The first-order valence-electron chi connectivity index (χ1n) is 5.59. The Labute approximate surface area is 121 Å². The molecule has 3 nitrogen and oxygen atoms in total. The summed E-state index contributed by atoms with van der Waals surface area (Å²) in [6.07, 6.45) is 1.61. The van der Waals surface area contributed by atoms with Gasteiger partial charge in [0.05, 0.1) is 20.5 Å². The number of hydrogen-bond donors (Lipinski definition) is 0. The first-order chi connectivity index (χ1) is 8.99. The van der Waals surface area contributed by atoms with E-state index in [9.17, 15) is 8.42 Å². The van der Waals surface area contributed by atoms with E-state index in [4.69, 9.17) is 0 Å². The zero-order valence-corrected chi connectivity index (χ0v) is 12.6. The molecule has 98 valence electrons. The average molecular weight is 338 g/mol. The van der Waals surface area contributed by atoms with Crippen LogP contribution in [0, 0.1) is 6.92 Å². The van der Waals surface area contributed by atoms with Crippen LogP contribution in [0.15, 0.2) is 59.0 Å². The maximum atomic E-state index is 12.2. The third-order valence-corrected chi connectivity index (χ3v) is 4.93. The van der Waals surface area contributed by atoms with Crippen LogP contribution >= 0.6 is 15.9 Å². The van der Waals surface area contributed by atoms with Gasteiger partial charge in [0.25, 0.3) is 0 Å². The molecule has 0 bridgehead atoms. The molecule has 19 heavy (non-hydrogen) atoms. The van der Waals surface area contributed by atoms with Crippen molar-refractivity contribution < 1.29 is 8.42 Å². The zero-order valence-electron chi connectivity index (χ0n) is 10.2. The van der Waals surface area contributed by atoms with Crippen molar-refractivity contribution in [3.8, 4) is 0 Å². The van der Waals surface area contributed by atoms with Gasteiger partial charge in [0, 0.05) is 6.20 Å². The number of halogens is 1. The van der Waals surface area contributed by atoms with Crippen molar-refractivity contribution in [3.05, 3.63) is 65.3 Å². The van der Waals surface area contributed by atoms with E-state index in [2.05, 4.69) is 20.9 Å². The van der Waals surface area contributed by atoms with Crippen molar-refractivity contribution in [1.82, 2.24) is 4.98 Å². The highest BCUT2D eigenvalue weighted by molar-refractivity contribution is 9.15. The van der Waals surface area contributed by atoms with Crippen molar-refractivity contribution in [1.29, 1.82) is 0 Å². The number of sulfone groups is 1. The molecule has 0 amide bonds. The molecule has 0 radical (unpaired) electrons. The summed E-state index contributed by atoms with van der Waals surface area (Å²) in [5.74, 6) is 0. The fourth-order valence-electron chi connectivity index (χ4n) is 1.50. The zero-order chi connectivity index (χ0) is 13.9. The summed E-state index contributed by atoms with van der Waals surface area (Å²) in [5, 5.41) is 1.18. The molecule has 2 rings (SSSR count). The molecule has 0 spiro atoms. The van der Waals surface area contributed by atoms with Gasteiger partial charge in [-0.2, -0.15) is 0 Å². The van der Waals surface area contributed by atoms with Crippen LogP contribution in [0.1, 0.15) is 11.3 Å². The number of nitrogens with zero attached hydrogens (tertiary/aromatic N) is 1. The van der Waals surface area contributed by atoms with E-state index in [1.807, 2.05) is 6.92 Å². The quantitative estimate of drug-likeness (QED) is 0.860. The molecule has 1 aromatic carbocycles. The fraction of sp³-hybridized carbons (Fsp3) is 0.0714. The normalized spacial score (nSPS) is 12.4. The van der Waals surface area contributed by atoms with Crippen LogP contribution in [0.3, 0.4) is 0 Å². The Balaban J connectivity index is 2.39. The molecule has 0 aliphatic heterocycles. The molecule has 0 unspecified atom stereocenters. The number of aryl methyl sites for hydroxylation is 1. The van der Waals surface area contributed by atoms with Crippen LogP contribution < -0.4 is 0 Å². The minimum Gasteiger partial charge on any atom is -0.256 e. The fourth-order valence-corrected chi connectivity index (χ4v) is 3.51. The smallest absolute Gasteiger partial charge is 0.201 e. The molecular formula is C14H12BrNO2S. The van der Waals surface area contributed by atoms with Gasteiger partial charge in [-0.3, -0.25) is 4.98 Å². The highest BCUT2D eigenvalue weighted by Crippen LogP contribution is 2.23. The molecule has 1 aromatic heterocycles. The number of pyridine rings is 1.